The fourth-order valence-corrected chi connectivity index (χ4v) is 3.45. The van der Waals surface area contributed by atoms with Crippen LogP contribution in [0.3, 0.4) is 0 Å². The van der Waals surface area contributed by atoms with Crippen LogP contribution >= 0.6 is 0 Å². The summed E-state index contributed by atoms with van der Waals surface area (Å²) in [7, 11) is 1.63. The van der Waals surface area contributed by atoms with E-state index in [2.05, 4.69) is 19.9 Å². The molecule has 0 saturated carbocycles. The number of ether oxygens (including phenoxy) is 1. The lowest BCUT2D eigenvalue weighted by Gasteiger charge is -2.33. The van der Waals surface area contributed by atoms with Gasteiger partial charge in [-0.25, -0.2) is 0 Å². The molecule has 0 aliphatic carbocycles. The molecule has 2 aromatic carbocycles. The van der Waals surface area contributed by atoms with Crippen molar-refractivity contribution in [3.63, 3.8) is 0 Å². The highest BCUT2D eigenvalue weighted by Crippen LogP contribution is 2.20. The molecule has 1 fully saturated rings. The average molecular weight is 409 g/mol. The van der Waals surface area contributed by atoms with Crippen molar-refractivity contribution in [3.8, 4) is 17.1 Å². The summed E-state index contributed by atoms with van der Waals surface area (Å²) in [5, 5.41) is 14.8. The van der Waals surface area contributed by atoms with E-state index in [9.17, 15) is 10.1 Å². The van der Waals surface area contributed by atoms with Crippen LogP contribution in [0.2, 0.25) is 0 Å². The summed E-state index contributed by atoms with van der Waals surface area (Å²) in [5.41, 5.74) is 2.09. The first-order valence-electron chi connectivity index (χ1n) is 9.76. The summed E-state index contributed by atoms with van der Waals surface area (Å²) in [6, 6.07) is 14.3. The quantitative estimate of drug-likeness (QED) is 0.434. The van der Waals surface area contributed by atoms with Crippen LogP contribution in [0.15, 0.2) is 53.1 Å². The Morgan fingerprint density at radius 3 is 2.23 bits per heavy atom. The monoisotopic (exact) mass is 409 g/mol. The van der Waals surface area contributed by atoms with E-state index < -0.39 is 0 Å². The Balaban J connectivity index is 1.27. The molecule has 0 radical (unpaired) electrons. The number of piperazine rings is 1. The molecule has 9 heteroatoms. The van der Waals surface area contributed by atoms with Crippen LogP contribution in [0.5, 0.6) is 5.75 Å². The second kappa shape index (κ2) is 9.02. The van der Waals surface area contributed by atoms with Crippen molar-refractivity contribution in [2.75, 3.05) is 33.3 Å². The minimum Gasteiger partial charge on any atom is -0.497 e. The van der Waals surface area contributed by atoms with E-state index in [1.165, 1.54) is 0 Å². The molecule has 0 amide bonds. The molecule has 1 aromatic heterocycles. The molecule has 0 atom stereocenters. The molecule has 9 nitrogen and oxygen atoms in total. The summed E-state index contributed by atoms with van der Waals surface area (Å²) >= 11 is 0. The molecule has 0 unspecified atom stereocenters. The minimum absolute atomic E-state index is 0.122. The third kappa shape index (κ3) is 4.81. The van der Waals surface area contributed by atoms with Gasteiger partial charge in [0.1, 0.15) is 5.75 Å². The number of nitrogens with zero attached hydrogens (tertiary/aromatic N) is 5. The number of rotatable bonds is 7. The molecule has 156 valence electrons. The zero-order chi connectivity index (χ0) is 20.9. The van der Waals surface area contributed by atoms with E-state index >= 15 is 0 Å². The highest BCUT2D eigenvalue weighted by Gasteiger charge is 2.20. The van der Waals surface area contributed by atoms with Crippen molar-refractivity contribution in [2.45, 2.75) is 13.1 Å². The van der Waals surface area contributed by atoms with Gasteiger partial charge in [0, 0.05) is 50.4 Å². The van der Waals surface area contributed by atoms with Crippen molar-refractivity contribution >= 4 is 5.69 Å². The topological polar surface area (TPSA) is 97.8 Å². The number of non-ortho nitro benzene ring substituents is 1. The Labute approximate surface area is 174 Å². The van der Waals surface area contributed by atoms with Crippen molar-refractivity contribution in [1.29, 1.82) is 0 Å². The van der Waals surface area contributed by atoms with Crippen LogP contribution in [0, 0.1) is 10.1 Å². The van der Waals surface area contributed by atoms with E-state index in [1.807, 2.05) is 36.4 Å². The zero-order valence-corrected chi connectivity index (χ0v) is 16.7. The van der Waals surface area contributed by atoms with E-state index in [4.69, 9.17) is 9.26 Å². The SMILES string of the molecule is COc1ccc(-c2noc(CN3CCN(Cc4ccc([N+](=O)[O-])cc4)CC3)n2)cc1. The first-order chi connectivity index (χ1) is 14.6. The Morgan fingerprint density at radius 2 is 1.63 bits per heavy atom. The molecule has 30 heavy (non-hydrogen) atoms. The van der Waals surface area contributed by atoms with Gasteiger partial charge in [-0.15, -0.1) is 0 Å². The fraction of sp³-hybridized carbons (Fsp3) is 0.333. The molecule has 3 aromatic rings. The van der Waals surface area contributed by atoms with E-state index in [0.29, 0.717) is 18.3 Å². The summed E-state index contributed by atoms with van der Waals surface area (Å²) < 4.78 is 10.6. The summed E-state index contributed by atoms with van der Waals surface area (Å²) in [6.45, 7) is 5.02. The molecule has 0 bridgehead atoms. The maximum Gasteiger partial charge on any atom is 0.269 e. The van der Waals surface area contributed by atoms with Gasteiger partial charge in [-0.05, 0) is 29.8 Å². The van der Waals surface area contributed by atoms with Gasteiger partial charge in [0.15, 0.2) is 0 Å². The maximum absolute atomic E-state index is 10.8. The highest BCUT2D eigenvalue weighted by molar-refractivity contribution is 5.55. The highest BCUT2D eigenvalue weighted by atomic mass is 16.6. The van der Waals surface area contributed by atoms with E-state index in [1.54, 1.807) is 19.2 Å². The molecule has 0 spiro atoms. The van der Waals surface area contributed by atoms with Crippen LogP contribution in [0.1, 0.15) is 11.5 Å². The van der Waals surface area contributed by atoms with Crippen molar-refractivity contribution in [1.82, 2.24) is 19.9 Å². The Morgan fingerprint density at radius 1 is 1.00 bits per heavy atom. The van der Waals surface area contributed by atoms with Crippen LogP contribution in [-0.4, -0.2) is 58.2 Å². The number of hydrogen-bond donors (Lipinski definition) is 0. The van der Waals surface area contributed by atoms with Gasteiger partial charge in [0.05, 0.1) is 18.6 Å². The predicted molar refractivity (Wildman–Crippen MR) is 110 cm³/mol. The van der Waals surface area contributed by atoms with Crippen LogP contribution in [0.25, 0.3) is 11.4 Å². The maximum atomic E-state index is 10.8. The first-order valence-corrected chi connectivity index (χ1v) is 9.76. The summed E-state index contributed by atoms with van der Waals surface area (Å²) in [4.78, 5) is 19.5. The molecule has 1 aliphatic rings. The second-order valence-electron chi connectivity index (χ2n) is 7.22. The average Bonchev–Trinajstić information content (AvgIpc) is 3.24. The molecular weight excluding hydrogens is 386 g/mol. The number of hydrogen-bond acceptors (Lipinski definition) is 8. The normalized spacial score (nSPS) is 15.2. The first kappa shape index (κ1) is 20.0. The lowest BCUT2D eigenvalue weighted by Crippen LogP contribution is -2.45. The number of methoxy groups -OCH3 is 1. The Bertz CT molecular complexity index is 979. The van der Waals surface area contributed by atoms with Gasteiger partial charge >= 0.3 is 0 Å². The zero-order valence-electron chi connectivity index (χ0n) is 16.7. The molecule has 4 rings (SSSR count). The van der Waals surface area contributed by atoms with Gasteiger partial charge in [0.25, 0.3) is 5.69 Å². The summed E-state index contributed by atoms with van der Waals surface area (Å²) in [6.07, 6.45) is 0. The van der Waals surface area contributed by atoms with E-state index in [-0.39, 0.29) is 10.6 Å². The predicted octanol–water partition coefficient (Wildman–Crippen LogP) is 2.97. The van der Waals surface area contributed by atoms with Crippen LogP contribution < -0.4 is 4.74 Å². The Kier molecular flexibility index (Phi) is 6.01. The lowest BCUT2D eigenvalue weighted by atomic mass is 10.2. The third-order valence-electron chi connectivity index (χ3n) is 5.19. The van der Waals surface area contributed by atoms with Crippen molar-refractivity contribution in [3.05, 3.63) is 70.1 Å². The second-order valence-corrected chi connectivity index (χ2v) is 7.22. The lowest BCUT2D eigenvalue weighted by molar-refractivity contribution is -0.384. The summed E-state index contributed by atoms with van der Waals surface area (Å²) in [5.74, 6) is 1.96. The molecule has 1 aliphatic heterocycles. The van der Waals surface area contributed by atoms with Gasteiger partial charge in [-0.1, -0.05) is 17.3 Å². The molecule has 0 N–H and O–H groups in total. The van der Waals surface area contributed by atoms with Gasteiger partial charge in [-0.2, -0.15) is 4.98 Å². The molecule has 2 heterocycles. The van der Waals surface area contributed by atoms with Gasteiger partial charge in [0.2, 0.25) is 11.7 Å². The standard InChI is InChI=1S/C21H23N5O4/c1-29-19-8-4-17(5-9-19)21-22-20(30-23-21)15-25-12-10-24(11-13-25)14-16-2-6-18(7-3-16)26(27)28/h2-9H,10-15H2,1H3. The van der Waals surface area contributed by atoms with E-state index in [0.717, 1.165) is 49.6 Å². The third-order valence-corrected chi connectivity index (χ3v) is 5.19. The van der Waals surface area contributed by atoms with Gasteiger partial charge in [-0.3, -0.25) is 19.9 Å². The number of benzene rings is 2. The van der Waals surface area contributed by atoms with Crippen LogP contribution in [-0.2, 0) is 13.1 Å². The van der Waals surface area contributed by atoms with Gasteiger partial charge < -0.3 is 9.26 Å². The Hall–Kier alpha value is -3.30. The molecular formula is C21H23N5O4. The van der Waals surface area contributed by atoms with Crippen molar-refractivity contribution < 1.29 is 14.2 Å². The minimum atomic E-state index is -0.375. The largest absolute Gasteiger partial charge is 0.497 e. The van der Waals surface area contributed by atoms with Crippen LogP contribution in [0.4, 0.5) is 5.69 Å². The van der Waals surface area contributed by atoms with Crippen molar-refractivity contribution in [2.24, 2.45) is 0 Å². The fourth-order valence-electron chi connectivity index (χ4n) is 3.45. The number of nitro benzene ring substituents is 1. The molecule has 1 saturated heterocycles. The number of aromatic nitrogens is 2. The number of nitro groups is 1. The smallest absolute Gasteiger partial charge is 0.269 e.